The molecule has 1 saturated heterocycles. The molecule has 0 aliphatic carbocycles. The predicted octanol–water partition coefficient (Wildman–Crippen LogP) is 1.86. The van der Waals surface area contributed by atoms with E-state index in [4.69, 9.17) is 10.00 Å². The molecular formula is C16H13N3O2. The van der Waals surface area contributed by atoms with Crippen molar-refractivity contribution in [1.29, 1.82) is 5.26 Å². The maximum atomic E-state index is 12.2. The third-order valence-corrected chi connectivity index (χ3v) is 3.33. The predicted molar refractivity (Wildman–Crippen MR) is 75.7 cm³/mol. The lowest BCUT2D eigenvalue weighted by molar-refractivity contribution is 0.0159. The van der Waals surface area contributed by atoms with Crippen LogP contribution in [0.5, 0.6) is 5.88 Å². The summed E-state index contributed by atoms with van der Waals surface area (Å²) < 4.78 is 5.66. The molecule has 0 radical (unpaired) electrons. The minimum atomic E-state index is -0.111. The summed E-state index contributed by atoms with van der Waals surface area (Å²) in [5.74, 6) is 0.328. The van der Waals surface area contributed by atoms with Gasteiger partial charge in [0.15, 0.2) is 0 Å². The van der Waals surface area contributed by atoms with Crippen LogP contribution in [0.25, 0.3) is 0 Å². The number of nitrogens with zero attached hydrogens (tertiary/aromatic N) is 3. The monoisotopic (exact) mass is 279 g/mol. The minimum absolute atomic E-state index is 0.00280. The molecule has 0 atom stereocenters. The molecule has 1 aromatic carbocycles. The van der Waals surface area contributed by atoms with Crippen molar-refractivity contribution >= 4 is 5.91 Å². The Kier molecular flexibility index (Phi) is 3.52. The number of amides is 1. The summed E-state index contributed by atoms with van der Waals surface area (Å²) in [7, 11) is 0. The summed E-state index contributed by atoms with van der Waals surface area (Å²) in [6, 6.07) is 14.5. The Morgan fingerprint density at radius 3 is 2.71 bits per heavy atom. The van der Waals surface area contributed by atoms with Gasteiger partial charge >= 0.3 is 0 Å². The van der Waals surface area contributed by atoms with Crippen LogP contribution in [-0.4, -0.2) is 35.0 Å². The van der Waals surface area contributed by atoms with E-state index in [1.165, 1.54) is 0 Å². The molecule has 1 aromatic heterocycles. The minimum Gasteiger partial charge on any atom is -0.470 e. The van der Waals surface area contributed by atoms with Crippen LogP contribution in [0, 0.1) is 11.3 Å². The lowest BCUT2D eigenvalue weighted by Gasteiger charge is -2.38. The fraction of sp³-hybridized carbons (Fsp3) is 0.188. The second kappa shape index (κ2) is 5.63. The van der Waals surface area contributed by atoms with Gasteiger partial charge in [0.1, 0.15) is 17.7 Å². The van der Waals surface area contributed by atoms with Crippen molar-refractivity contribution in [3.05, 3.63) is 59.8 Å². The number of carbonyl (C=O) groups is 1. The number of likely N-dealkylation sites (tertiary alicyclic amines) is 1. The SMILES string of the molecule is N#Cc1cccnc1OC1CN(C(=O)c2ccccc2)C1. The van der Waals surface area contributed by atoms with Gasteiger partial charge in [0.25, 0.3) is 5.91 Å². The van der Waals surface area contributed by atoms with Crippen LogP contribution >= 0.6 is 0 Å². The second-order valence-corrected chi connectivity index (χ2v) is 4.78. The molecule has 1 aliphatic rings. The van der Waals surface area contributed by atoms with Crippen LogP contribution in [0.2, 0.25) is 0 Å². The number of rotatable bonds is 3. The highest BCUT2D eigenvalue weighted by molar-refractivity contribution is 5.94. The van der Waals surface area contributed by atoms with Crippen LogP contribution in [0.3, 0.4) is 0 Å². The molecule has 0 saturated carbocycles. The molecular weight excluding hydrogens is 266 g/mol. The molecule has 2 heterocycles. The first kappa shape index (κ1) is 13.1. The summed E-state index contributed by atoms with van der Waals surface area (Å²) in [6.07, 6.45) is 1.47. The third-order valence-electron chi connectivity index (χ3n) is 3.33. The highest BCUT2D eigenvalue weighted by Gasteiger charge is 2.33. The molecule has 0 spiro atoms. The maximum absolute atomic E-state index is 12.2. The summed E-state index contributed by atoms with van der Waals surface area (Å²) in [5, 5.41) is 8.98. The van der Waals surface area contributed by atoms with Crippen molar-refractivity contribution in [2.75, 3.05) is 13.1 Å². The molecule has 1 amide bonds. The zero-order valence-corrected chi connectivity index (χ0v) is 11.3. The van der Waals surface area contributed by atoms with Crippen LogP contribution in [0.15, 0.2) is 48.7 Å². The van der Waals surface area contributed by atoms with Gasteiger partial charge < -0.3 is 9.64 Å². The largest absolute Gasteiger partial charge is 0.470 e. The van der Waals surface area contributed by atoms with E-state index < -0.39 is 0 Å². The smallest absolute Gasteiger partial charge is 0.254 e. The first-order valence-electron chi connectivity index (χ1n) is 6.64. The average molecular weight is 279 g/mol. The quantitative estimate of drug-likeness (QED) is 0.860. The Hall–Kier alpha value is -2.87. The molecule has 3 rings (SSSR count). The highest BCUT2D eigenvalue weighted by Crippen LogP contribution is 2.20. The Bertz CT molecular complexity index is 688. The van der Waals surface area contributed by atoms with E-state index in [1.807, 2.05) is 24.3 Å². The van der Waals surface area contributed by atoms with Gasteiger partial charge in [0, 0.05) is 11.8 Å². The van der Waals surface area contributed by atoms with Crippen LogP contribution < -0.4 is 4.74 Å². The standard InChI is InChI=1S/C16H13N3O2/c17-9-13-7-4-8-18-15(13)21-14-10-19(11-14)16(20)12-5-2-1-3-6-12/h1-8,14H,10-11H2. The number of nitriles is 1. The third kappa shape index (κ3) is 2.70. The van der Waals surface area contributed by atoms with E-state index in [9.17, 15) is 4.79 Å². The molecule has 0 bridgehead atoms. The molecule has 21 heavy (non-hydrogen) atoms. The molecule has 2 aromatic rings. The van der Waals surface area contributed by atoms with Gasteiger partial charge in [0.2, 0.25) is 5.88 Å². The lowest BCUT2D eigenvalue weighted by atomic mass is 10.1. The normalized spacial score (nSPS) is 14.1. The van der Waals surface area contributed by atoms with E-state index >= 15 is 0 Å². The summed E-state index contributed by atoms with van der Waals surface area (Å²) >= 11 is 0. The molecule has 0 N–H and O–H groups in total. The van der Waals surface area contributed by atoms with E-state index in [2.05, 4.69) is 4.98 Å². The highest BCUT2D eigenvalue weighted by atomic mass is 16.5. The van der Waals surface area contributed by atoms with Crippen molar-refractivity contribution in [2.24, 2.45) is 0 Å². The van der Waals surface area contributed by atoms with Crippen LogP contribution in [0.1, 0.15) is 15.9 Å². The topological polar surface area (TPSA) is 66.2 Å². The average Bonchev–Trinajstić information content (AvgIpc) is 2.51. The van der Waals surface area contributed by atoms with E-state index in [0.717, 1.165) is 0 Å². The summed E-state index contributed by atoms with van der Waals surface area (Å²) in [6.45, 7) is 1.02. The number of benzene rings is 1. The molecule has 1 fully saturated rings. The number of ether oxygens (including phenoxy) is 1. The summed E-state index contributed by atoms with van der Waals surface area (Å²) in [5.41, 5.74) is 1.08. The fourth-order valence-electron chi connectivity index (χ4n) is 2.17. The number of carbonyl (C=O) groups excluding carboxylic acids is 1. The van der Waals surface area contributed by atoms with Gasteiger partial charge in [-0.1, -0.05) is 18.2 Å². The first-order valence-corrected chi connectivity index (χ1v) is 6.64. The zero-order valence-electron chi connectivity index (χ0n) is 11.3. The Morgan fingerprint density at radius 1 is 1.24 bits per heavy atom. The first-order chi connectivity index (χ1) is 10.3. The summed E-state index contributed by atoms with van der Waals surface area (Å²) in [4.78, 5) is 17.9. The Labute approximate surface area is 122 Å². The van der Waals surface area contributed by atoms with Gasteiger partial charge in [-0.05, 0) is 24.3 Å². The van der Waals surface area contributed by atoms with Gasteiger partial charge in [0.05, 0.1) is 13.1 Å². The number of hydrogen-bond acceptors (Lipinski definition) is 4. The molecule has 1 aliphatic heterocycles. The van der Waals surface area contributed by atoms with Crippen molar-refractivity contribution < 1.29 is 9.53 Å². The molecule has 5 heteroatoms. The Balaban J connectivity index is 1.59. The lowest BCUT2D eigenvalue weighted by Crippen LogP contribution is -2.56. The fourth-order valence-corrected chi connectivity index (χ4v) is 2.17. The maximum Gasteiger partial charge on any atom is 0.254 e. The zero-order chi connectivity index (χ0) is 14.7. The molecule has 5 nitrogen and oxygen atoms in total. The van der Waals surface area contributed by atoms with E-state index in [1.54, 1.807) is 35.4 Å². The van der Waals surface area contributed by atoms with Gasteiger partial charge in [-0.2, -0.15) is 5.26 Å². The van der Waals surface area contributed by atoms with Crippen molar-refractivity contribution in [1.82, 2.24) is 9.88 Å². The number of aromatic nitrogens is 1. The van der Waals surface area contributed by atoms with E-state index in [0.29, 0.717) is 30.1 Å². The molecule has 0 unspecified atom stereocenters. The number of pyridine rings is 1. The van der Waals surface area contributed by atoms with Gasteiger partial charge in [-0.25, -0.2) is 4.98 Å². The van der Waals surface area contributed by atoms with Gasteiger partial charge in [-0.3, -0.25) is 4.79 Å². The number of hydrogen-bond donors (Lipinski definition) is 0. The van der Waals surface area contributed by atoms with E-state index in [-0.39, 0.29) is 12.0 Å². The van der Waals surface area contributed by atoms with Crippen molar-refractivity contribution in [3.63, 3.8) is 0 Å². The van der Waals surface area contributed by atoms with Crippen molar-refractivity contribution in [2.45, 2.75) is 6.10 Å². The van der Waals surface area contributed by atoms with Crippen LogP contribution in [-0.2, 0) is 0 Å². The van der Waals surface area contributed by atoms with Crippen molar-refractivity contribution in [3.8, 4) is 11.9 Å². The van der Waals surface area contributed by atoms with Crippen LogP contribution in [0.4, 0.5) is 0 Å². The molecule has 104 valence electrons. The Morgan fingerprint density at radius 2 is 2.00 bits per heavy atom. The van der Waals surface area contributed by atoms with Gasteiger partial charge in [-0.15, -0.1) is 0 Å². The second-order valence-electron chi connectivity index (χ2n) is 4.78.